The highest BCUT2D eigenvalue weighted by Gasteiger charge is 2.22. The Balaban J connectivity index is 2.95. The Labute approximate surface area is 103 Å². The summed E-state index contributed by atoms with van der Waals surface area (Å²) in [6.45, 7) is 0. The van der Waals surface area contributed by atoms with E-state index in [0.29, 0.717) is 5.75 Å². The third kappa shape index (κ3) is 3.26. The molecule has 0 saturated carbocycles. The van der Waals surface area contributed by atoms with Gasteiger partial charge in [-0.2, -0.15) is 0 Å². The molecule has 1 rings (SSSR count). The van der Waals surface area contributed by atoms with Crippen molar-refractivity contribution in [3.8, 4) is 11.5 Å². The maximum absolute atomic E-state index is 12.1. The van der Waals surface area contributed by atoms with Crippen molar-refractivity contribution in [3.63, 3.8) is 0 Å². The van der Waals surface area contributed by atoms with Gasteiger partial charge in [0.25, 0.3) is 6.43 Å². The van der Waals surface area contributed by atoms with Gasteiger partial charge in [0.1, 0.15) is 11.5 Å². The highest BCUT2D eigenvalue weighted by molar-refractivity contribution is 6.10. The van der Waals surface area contributed by atoms with E-state index in [0.717, 1.165) is 0 Å². The molecule has 0 fully saturated rings. The van der Waals surface area contributed by atoms with Crippen LogP contribution in [0.5, 0.6) is 11.5 Å². The highest BCUT2D eigenvalue weighted by atomic mass is 19.3. The average Bonchev–Trinajstić information content (AvgIpc) is 2.37. The third-order valence-electron chi connectivity index (χ3n) is 2.29. The van der Waals surface area contributed by atoms with Crippen LogP contribution in [0.2, 0.25) is 0 Å². The van der Waals surface area contributed by atoms with E-state index in [2.05, 4.69) is 0 Å². The highest BCUT2D eigenvalue weighted by Crippen LogP contribution is 2.25. The number of carbonyl (C=O) groups is 2. The number of hydrogen-bond acceptors (Lipinski definition) is 4. The normalized spacial score (nSPS) is 10.3. The lowest BCUT2D eigenvalue weighted by atomic mass is 10.0. The van der Waals surface area contributed by atoms with Crippen LogP contribution >= 0.6 is 0 Å². The van der Waals surface area contributed by atoms with E-state index >= 15 is 0 Å². The smallest absolute Gasteiger partial charge is 0.296 e. The molecular formula is C12H12F2O4. The second kappa shape index (κ2) is 6.09. The fourth-order valence-corrected chi connectivity index (χ4v) is 1.36. The van der Waals surface area contributed by atoms with Gasteiger partial charge in [-0.1, -0.05) is 0 Å². The Hall–Kier alpha value is -1.98. The fourth-order valence-electron chi connectivity index (χ4n) is 1.36. The van der Waals surface area contributed by atoms with Crippen molar-refractivity contribution in [1.82, 2.24) is 0 Å². The van der Waals surface area contributed by atoms with Gasteiger partial charge in [0.05, 0.1) is 26.2 Å². The summed E-state index contributed by atoms with van der Waals surface area (Å²) in [7, 11) is 2.77. The van der Waals surface area contributed by atoms with Crippen LogP contribution in [0, 0.1) is 0 Å². The monoisotopic (exact) mass is 258 g/mol. The average molecular weight is 258 g/mol. The molecule has 0 saturated heterocycles. The second-order valence-corrected chi connectivity index (χ2v) is 3.43. The number of hydrogen-bond donors (Lipinski definition) is 0. The molecule has 0 N–H and O–H groups in total. The summed E-state index contributed by atoms with van der Waals surface area (Å²) >= 11 is 0. The Kier molecular flexibility index (Phi) is 4.76. The van der Waals surface area contributed by atoms with Crippen molar-refractivity contribution < 1.29 is 27.8 Å². The summed E-state index contributed by atoms with van der Waals surface area (Å²) < 4.78 is 34.0. The second-order valence-electron chi connectivity index (χ2n) is 3.43. The summed E-state index contributed by atoms with van der Waals surface area (Å²) in [5, 5.41) is 0. The van der Waals surface area contributed by atoms with Crippen LogP contribution in [-0.4, -0.2) is 32.2 Å². The number of ketones is 2. The fraction of sp³-hybridized carbons (Fsp3) is 0.333. The molecule has 0 aliphatic carbocycles. The Morgan fingerprint density at radius 2 is 1.89 bits per heavy atom. The van der Waals surface area contributed by atoms with Gasteiger partial charge in [0.15, 0.2) is 5.78 Å². The summed E-state index contributed by atoms with van der Waals surface area (Å²) in [6, 6.07) is 4.31. The van der Waals surface area contributed by atoms with E-state index in [4.69, 9.17) is 9.47 Å². The minimum Gasteiger partial charge on any atom is -0.497 e. The first-order valence-electron chi connectivity index (χ1n) is 5.05. The van der Waals surface area contributed by atoms with E-state index in [1.807, 2.05) is 0 Å². The molecule has 4 nitrogen and oxygen atoms in total. The molecule has 0 bridgehead atoms. The number of Topliss-reactive ketones (excluding diaryl/α,β-unsaturated/α-hetero) is 2. The molecule has 0 aliphatic rings. The van der Waals surface area contributed by atoms with Gasteiger partial charge in [0.2, 0.25) is 5.78 Å². The lowest BCUT2D eigenvalue weighted by Crippen LogP contribution is -2.16. The van der Waals surface area contributed by atoms with Crippen molar-refractivity contribution in [2.45, 2.75) is 12.8 Å². The van der Waals surface area contributed by atoms with E-state index in [-0.39, 0.29) is 11.3 Å². The lowest BCUT2D eigenvalue weighted by molar-refractivity contribution is -0.128. The third-order valence-corrected chi connectivity index (χ3v) is 2.29. The van der Waals surface area contributed by atoms with Crippen LogP contribution in [0.1, 0.15) is 16.8 Å². The molecule has 98 valence electrons. The molecule has 0 spiro atoms. The first kappa shape index (κ1) is 14.1. The molecule has 0 unspecified atom stereocenters. The molecule has 1 aromatic carbocycles. The van der Waals surface area contributed by atoms with E-state index in [9.17, 15) is 18.4 Å². The maximum Gasteiger partial charge on any atom is 0.296 e. The van der Waals surface area contributed by atoms with Crippen molar-refractivity contribution >= 4 is 11.6 Å². The summed E-state index contributed by atoms with van der Waals surface area (Å²) in [5.74, 6) is -1.47. The molecule has 0 aliphatic heterocycles. The number of halogens is 2. The van der Waals surface area contributed by atoms with Gasteiger partial charge in [-0.25, -0.2) is 8.78 Å². The number of methoxy groups -OCH3 is 2. The summed E-state index contributed by atoms with van der Waals surface area (Å²) in [5.41, 5.74) is 0.0762. The standard InChI is InChI=1S/C12H12F2O4/c1-17-7-3-4-8(11(5-7)18-2)9(15)6-10(16)12(13)14/h3-5,12H,6H2,1-2H3. The lowest BCUT2D eigenvalue weighted by Gasteiger charge is -2.09. The van der Waals surface area contributed by atoms with Gasteiger partial charge in [-0.05, 0) is 12.1 Å². The van der Waals surface area contributed by atoms with Crippen molar-refractivity contribution in [1.29, 1.82) is 0 Å². The topological polar surface area (TPSA) is 52.6 Å². The maximum atomic E-state index is 12.1. The Morgan fingerprint density at radius 3 is 2.39 bits per heavy atom. The Bertz CT molecular complexity index is 457. The first-order valence-corrected chi connectivity index (χ1v) is 5.05. The van der Waals surface area contributed by atoms with E-state index < -0.39 is 24.4 Å². The molecule has 0 radical (unpaired) electrons. The van der Waals surface area contributed by atoms with E-state index in [1.54, 1.807) is 0 Å². The molecule has 6 heteroatoms. The number of rotatable bonds is 6. The number of alkyl halides is 2. The van der Waals surface area contributed by atoms with Crippen LogP contribution in [0.3, 0.4) is 0 Å². The molecule has 18 heavy (non-hydrogen) atoms. The zero-order valence-electron chi connectivity index (χ0n) is 9.91. The van der Waals surface area contributed by atoms with Crippen LogP contribution in [0.4, 0.5) is 8.78 Å². The van der Waals surface area contributed by atoms with Gasteiger partial charge < -0.3 is 9.47 Å². The molecule has 0 aromatic heterocycles. The predicted molar refractivity (Wildman–Crippen MR) is 59.5 cm³/mol. The Morgan fingerprint density at radius 1 is 1.22 bits per heavy atom. The van der Waals surface area contributed by atoms with Crippen LogP contribution in [0.15, 0.2) is 18.2 Å². The zero-order chi connectivity index (χ0) is 13.7. The zero-order valence-corrected chi connectivity index (χ0v) is 9.91. The van der Waals surface area contributed by atoms with Gasteiger partial charge in [-0.3, -0.25) is 9.59 Å². The summed E-state index contributed by atoms with van der Waals surface area (Å²) in [6.07, 6.45) is -3.99. The molecular weight excluding hydrogens is 246 g/mol. The predicted octanol–water partition coefficient (Wildman–Crippen LogP) is 2.11. The summed E-state index contributed by atoms with van der Waals surface area (Å²) in [4.78, 5) is 22.5. The molecule has 1 aromatic rings. The minimum absolute atomic E-state index is 0.0762. The van der Waals surface area contributed by atoms with Gasteiger partial charge in [-0.15, -0.1) is 0 Å². The largest absolute Gasteiger partial charge is 0.497 e. The van der Waals surface area contributed by atoms with Crippen molar-refractivity contribution in [3.05, 3.63) is 23.8 Å². The quantitative estimate of drug-likeness (QED) is 0.579. The van der Waals surface area contributed by atoms with Gasteiger partial charge in [0, 0.05) is 6.07 Å². The van der Waals surface area contributed by atoms with Gasteiger partial charge >= 0.3 is 0 Å². The van der Waals surface area contributed by atoms with Crippen LogP contribution in [0.25, 0.3) is 0 Å². The number of ether oxygens (including phenoxy) is 2. The molecule has 0 amide bonds. The SMILES string of the molecule is COc1ccc(C(=O)CC(=O)C(F)F)c(OC)c1. The van der Waals surface area contributed by atoms with Crippen molar-refractivity contribution in [2.24, 2.45) is 0 Å². The van der Waals surface area contributed by atoms with Crippen LogP contribution < -0.4 is 9.47 Å². The van der Waals surface area contributed by atoms with Crippen molar-refractivity contribution in [2.75, 3.05) is 14.2 Å². The number of carbonyl (C=O) groups excluding carboxylic acids is 2. The molecule has 0 atom stereocenters. The van der Waals surface area contributed by atoms with Crippen LogP contribution in [-0.2, 0) is 4.79 Å². The van der Waals surface area contributed by atoms with E-state index in [1.165, 1.54) is 32.4 Å². The first-order chi connectivity index (χ1) is 8.49. The minimum atomic E-state index is -3.14. The molecule has 0 heterocycles. The number of benzene rings is 1.